The van der Waals surface area contributed by atoms with Crippen molar-refractivity contribution < 1.29 is 14.7 Å². The van der Waals surface area contributed by atoms with Gasteiger partial charge < -0.3 is 15.7 Å². The molecule has 0 spiro atoms. The average molecular weight is 313 g/mol. The highest BCUT2D eigenvalue weighted by Gasteiger charge is 2.16. The van der Waals surface area contributed by atoms with E-state index in [-0.39, 0.29) is 6.54 Å². The summed E-state index contributed by atoms with van der Waals surface area (Å²) in [7, 11) is 0. The largest absolute Gasteiger partial charge is 0.391 e. The van der Waals surface area contributed by atoms with E-state index < -0.39 is 17.9 Å². The summed E-state index contributed by atoms with van der Waals surface area (Å²) in [6, 6.07) is 4.96. The molecule has 21 heavy (non-hydrogen) atoms. The lowest BCUT2D eigenvalue weighted by atomic mass is 10.1. The number of aliphatic hydroxyl groups is 1. The van der Waals surface area contributed by atoms with Crippen LogP contribution >= 0.6 is 11.6 Å². The molecule has 0 aliphatic heterocycles. The van der Waals surface area contributed by atoms with Crippen LogP contribution < -0.4 is 10.6 Å². The highest BCUT2D eigenvalue weighted by molar-refractivity contribution is 6.39. The molecule has 3 N–H and O–H groups in total. The van der Waals surface area contributed by atoms with E-state index in [1.165, 1.54) is 0 Å². The summed E-state index contributed by atoms with van der Waals surface area (Å²) in [4.78, 5) is 23.4. The van der Waals surface area contributed by atoms with Crippen LogP contribution in [0.4, 0.5) is 5.69 Å². The Morgan fingerprint density at radius 3 is 2.52 bits per heavy atom. The molecule has 0 aromatic heterocycles. The van der Waals surface area contributed by atoms with Gasteiger partial charge in [-0.05, 0) is 43.0 Å². The van der Waals surface area contributed by atoms with Crippen molar-refractivity contribution in [1.82, 2.24) is 5.32 Å². The molecule has 1 unspecified atom stereocenters. The first-order chi connectivity index (χ1) is 9.79. The Hall–Kier alpha value is -1.59. The molecule has 0 saturated carbocycles. The summed E-state index contributed by atoms with van der Waals surface area (Å²) in [5.41, 5.74) is 1.30. The maximum absolute atomic E-state index is 11.7. The topological polar surface area (TPSA) is 78.4 Å². The highest BCUT2D eigenvalue weighted by Crippen LogP contribution is 2.19. The zero-order chi connectivity index (χ0) is 16.0. The van der Waals surface area contributed by atoms with Gasteiger partial charge in [-0.3, -0.25) is 9.59 Å². The van der Waals surface area contributed by atoms with Crippen molar-refractivity contribution in [3.05, 3.63) is 28.8 Å². The van der Waals surface area contributed by atoms with Crippen molar-refractivity contribution in [2.45, 2.75) is 33.3 Å². The second-order valence-corrected chi connectivity index (χ2v) is 5.84. The Morgan fingerprint density at radius 1 is 1.29 bits per heavy atom. The molecular formula is C15H21ClN2O3. The molecule has 5 nitrogen and oxygen atoms in total. The lowest BCUT2D eigenvalue weighted by molar-refractivity contribution is -0.136. The number of hydrogen-bond acceptors (Lipinski definition) is 3. The van der Waals surface area contributed by atoms with Crippen molar-refractivity contribution in [3.63, 3.8) is 0 Å². The predicted octanol–water partition coefficient (Wildman–Crippen LogP) is 2.11. The Morgan fingerprint density at radius 2 is 1.95 bits per heavy atom. The molecule has 116 valence electrons. The van der Waals surface area contributed by atoms with Crippen LogP contribution in [0.1, 0.15) is 25.8 Å². The van der Waals surface area contributed by atoms with Crippen LogP contribution in [-0.4, -0.2) is 29.6 Å². The predicted molar refractivity (Wildman–Crippen MR) is 83.3 cm³/mol. The Balaban J connectivity index is 2.49. The first kappa shape index (κ1) is 17.5. The fraction of sp³-hybridized carbons (Fsp3) is 0.467. The number of aryl methyl sites for hydroxylation is 1. The minimum Gasteiger partial charge on any atom is -0.391 e. The van der Waals surface area contributed by atoms with Gasteiger partial charge in [0.05, 0.1) is 6.10 Å². The number of hydrogen-bond donors (Lipinski definition) is 3. The molecule has 6 heteroatoms. The van der Waals surface area contributed by atoms with E-state index >= 15 is 0 Å². The molecule has 0 aliphatic carbocycles. The monoisotopic (exact) mass is 312 g/mol. The average Bonchev–Trinajstić information content (AvgIpc) is 2.38. The maximum Gasteiger partial charge on any atom is 0.313 e. The van der Waals surface area contributed by atoms with Gasteiger partial charge in [0.25, 0.3) is 0 Å². The normalized spacial score (nSPS) is 12.1. The van der Waals surface area contributed by atoms with E-state index in [0.29, 0.717) is 23.0 Å². The van der Waals surface area contributed by atoms with E-state index in [9.17, 15) is 14.7 Å². The summed E-state index contributed by atoms with van der Waals surface area (Å²) in [6.07, 6.45) is -0.0860. The number of carbonyl (C=O) groups is 2. The molecule has 0 bridgehead atoms. The summed E-state index contributed by atoms with van der Waals surface area (Å²) >= 11 is 5.82. The number of rotatable bonds is 5. The van der Waals surface area contributed by atoms with Gasteiger partial charge >= 0.3 is 11.8 Å². The number of halogens is 1. The van der Waals surface area contributed by atoms with Gasteiger partial charge in [-0.25, -0.2) is 0 Å². The zero-order valence-corrected chi connectivity index (χ0v) is 13.2. The molecule has 1 aromatic carbocycles. The summed E-state index contributed by atoms with van der Waals surface area (Å²) < 4.78 is 0. The van der Waals surface area contributed by atoms with E-state index in [2.05, 4.69) is 10.6 Å². The molecule has 0 aliphatic rings. The smallest absolute Gasteiger partial charge is 0.313 e. The SMILES string of the molecule is Cc1cc(Cl)ccc1NC(=O)C(=O)NCC(O)CC(C)C. The van der Waals surface area contributed by atoms with Crippen molar-refractivity contribution in [1.29, 1.82) is 0 Å². The molecule has 0 saturated heterocycles. The van der Waals surface area contributed by atoms with E-state index in [4.69, 9.17) is 11.6 Å². The number of benzene rings is 1. The van der Waals surface area contributed by atoms with E-state index in [1.807, 2.05) is 13.8 Å². The van der Waals surface area contributed by atoms with Crippen molar-refractivity contribution >= 4 is 29.1 Å². The number of amides is 2. The van der Waals surface area contributed by atoms with E-state index in [1.54, 1.807) is 25.1 Å². The highest BCUT2D eigenvalue weighted by atomic mass is 35.5. The van der Waals surface area contributed by atoms with Crippen LogP contribution in [0.5, 0.6) is 0 Å². The molecule has 1 aromatic rings. The molecule has 1 atom stereocenters. The van der Waals surface area contributed by atoms with Gasteiger partial charge in [-0.1, -0.05) is 25.4 Å². The minimum absolute atomic E-state index is 0.0596. The molecule has 0 heterocycles. The lowest BCUT2D eigenvalue weighted by Crippen LogP contribution is -2.39. The first-order valence-electron chi connectivity index (χ1n) is 6.83. The van der Waals surface area contributed by atoms with E-state index in [0.717, 1.165) is 5.56 Å². The minimum atomic E-state index is -0.771. The van der Waals surface area contributed by atoms with Gasteiger partial charge in [-0.15, -0.1) is 0 Å². The third-order valence-electron chi connectivity index (χ3n) is 2.88. The van der Waals surface area contributed by atoms with Crippen molar-refractivity contribution in [2.75, 3.05) is 11.9 Å². The van der Waals surface area contributed by atoms with Gasteiger partial charge in [0.15, 0.2) is 0 Å². The zero-order valence-electron chi connectivity index (χ0n) is 12.4. The third-order valence-corrected chi connectivity index (χ3v) is 3.12. The van der Waals surface area contributed by atoms with Gasteiger partial charge in [0.2, 0.25) is 0 Å². The summed E-state index contributed by atoms with van der Waals surface area (Å²) in [6.45, 7) is 5.79. The summed E-state index contributed by atoms with van der Waals surface area (Å²) in [5.74, 6) is -1.22. The van der Waals surface area contributed by atoms with Crippen LogP contribution in [-0.2, 0) is 9.59 Å². The number of carbonyl (C=O) groups excluding carboxylic acids is 2. The summed E-state index contributed by atoms with van der Waals surface area (Å²) in [5, 5.41) is 15.1. The van der Waals surface area contributed by atoms with Crippen molar-refractivity contribution in [2.24, 2.45) is 5.92 Å². The number of nitrogens with one attached hydrogen (secondary N) is 2. The third kappa shape index (κ3) is 6.14. The van der Waals surface area contributed by atoms with Crippen LogP contribution in [0.2, 0.25) is 5.02 Å². The van der Waals surface area contributed by atoms with Gasteiger partial charge in [0, 0.05) is 17.3 Å². The Labute approximate surface area is 129 Å². The van der Waals surface area contributed by atoms with Crippen molar-refractivity contribution in [3.8, 4) is 0 Å². The molecular weight excluding hydrogens is 292 g/mol. The van der Waals surface area contributed by atoms with Crippen LogP contribution in [0.25, 0.3) is 0 Å². The number of aliphatic hydroxyl groups excluding tert-OH is 1. The number of anilines is 1. The Kier molecular flexibility index (Phi) is 6.65. The molecule has 0 radical (unpaired) electrons. The van der Waals surface area contributed by atoms with Gasteiger partial charge in [-0.2, -0.15) is 0 Å². The van der Waals surface area contributed by atoms with Crippen LogP contribution in [0, 0.1) is 12.8 Å². The molecule has 0 fully saturated rings. The fourth-order valence-corrected chi connectivity index (χ4v) is 2.09. The maximum atomic E-state index is 11.7. The van der Waals surface area contributed by atoms with Crippen LogP contribution in [0.3, 0.4) is 0 Å². The first-order valence-corrected chi connectivity index (χ1v) is 7.20. The molecule has 1 rings (SSSR count). The standard InChI is InChI=1S/C15H21ClN2O3/c1-9(2)6-12(19)8-17-14(20)15(21)18-13-5-4-11(16)7-10(13)3/h4-5,7,9,12,19H,6,8H2,1-3H3,(H,17,20)(H,18,21). The quantitative estimate of drug-likeness (QED) is 0.729. The fourth-order valence-electron chi connectivity index (χ4n) is 1.86. The Bertz CT molecular complexity index is 518. The molecule has 2 amide bonds. The lowest BCUT2D eigenvalue weighted by Gasteiger charge is -2.14. The second-order valence-electron chi connectivity index (χ2n) is 5.41. The van der Waals surface area contributed by atoms with Gasteiger partial charge in [0.1, 0.15) is 0 Å². The van der Waals surface area contributed by atoms with Crippen LogP contribution in [0.15, 0.2) is 18.2 Å². The second kappa shape index (κ2) is 8.00.